The van der Waals surface area contributed by atoms with Gasteiger partial charge < -0.3 is 10.0 Å². The highest BCUT2D eigenvalue weighted by Crippen LogP contribution is 2.13. The van der Waals surface area contributed by atoms with Gasteiger partial charge in [0.2, 0.25) is 0 Å². The van der Waals surface area contributed by atoms with Crippen molar-refractivity contribution in [3.05, 3.63) is 17.0 Å². The Morgan fingerprint density at radius 3 is 2.53 bits per heavy atom. The van der Waals surface area contributed by atoms with E-state index in [0.29, 0.717) is 18.7 Å². The van der Waals surface area contributed by atoms with E-state index in [0.717, 1.165) is 24.2 Å². The molecule has 1 aromatic rings. The van der Waals surface area contributed by atoms with Crippen molar-refractivity contribution >= 4 is 5.91 Å². The number of nitrogens with zero attached hydrogens (tertiary/aromatic N) is 2. The van der Waals surface area contributed by atoms with E-state index >= 15 is 0 Å². The Bertz CT molecular complexity index is 382. The lowest BCUT2D eigenvalue weighted by Gasteiger charge is -2.22. The first-order valence-corrected chi connectivity index (χ1v) is 7.03. The van der Waals surface area contributed by atoms with Crippen LogP contribution in [0, 0.1) is 13.8 Å². The van der Waals surface area contributed by atoms with Crippen LogP contribution in [0.1, 0.15) is 54.4 Å². The summed E-state index contributed by atoms with van der Waals surface area (Å²) in [5, 5.41) is 16.0. The molecule has 0 saturated carbocycles. The Labute approximate surface area is 115 Å². The second-order valence-electron chi connectivity index (χ2n) is 4.89. The maximum absolute atomic E-state index is 12.5. The molecule has 108 valence electrons. The van der Waals surface area contributed by atoms with Gasteiger partial charge in [0.1, 0.15) is 0 Å². The van der Waals surface area contributed by atoms with Crippen molar-refractivity contribution in [1.82, 2.24) is 15.1 Å². The number of aromatic nitrogens is 2. The lowest BCUT2D eigenvalue weighted by Crippen LogP contribution is -2.35. The van der Waals surface area contributed by atoms with Crippen molar-refractivity contribution in [2.45, 2.75) is 46.5 Å². The topological polar surface area (TPSA) is 69.2 Å². The van der Waals surface area contributed by atoms with Crippen molar-refractivity contribution in [3.8, 4) is 0 Å². The Morgan fingerprint density at radius 2 is 2.00 bits per heavy atom. The van der Waals surface area contributed by atoms with Gasteiger partial charge in [-0.05, 0) is 20.3 Å². The number of aryl methyl sites for hydroxylation is 2. The number of aliphatic hydroxyl groups is 1. The van der Waals surface area contributed by atoms with E-state index < -0.39 is 0 Å². The van der Waals surface area contributed by atoms with Gasteiger partial charge in [-0.25, -0.2) is 0 Å². The number of rotatable bonds is 8. The number of hydrogen-bond acceptors (Lipinski definition) is 3. The second kappa shape index (κ2) is 7.94. The second-order valence-corrected chi connectivity index (χ2v) is 4.89. The number of unbranched alkanes of at least 4 members (excludes halogenated alkanes) is 3. The highest BCUT2D eigenvalue weighted by atomic mass is 16.3. The molecule has 1 heterocycles. The molecule has 1 aromatic heterocycles. The van der Waals surface area contributed by atoms with E-state index in [9.17, 15) is 4.79 Å². The molecule has 0 saturated heterocycles. The zero-order valence-electron chi connectivity index (χ0n) is 12.2. The van der Waals surface area contributed by atoms with Gasteiger partial charge in [-0.3, -0.25) is 9.89 Å². The summed E-state index contributed by atoms with van der Waals surface area (Å²) in [6, 6.07) is 0. The summed E-state index contributed by atoms with van der Waals surface area (Å²) >= 11 is 0. The minimum absolute atomic E-state index is 0.00450. The first-order valence-electron chi connectivity index (χ1n) is 7.03. The van der Waals surface area contributed by atoms with Crippen molar-refractivity contribution in [3.63, 3.8) is 0 Å². The molecule has 0 bridgehead atoms. The Morgan fingerprint density at radius 1 is 1.26 bits per heavy atom. The molecule has 5 nitrogen and oxygen atoms in total. The van der Waals surface area contributed by atoms with Gasteiger partial charge in [-0.1, -0.05) is 26.2 Å². The fourth-order valence-electron chi connectivity index (χ4n) is 2.19. The average molecular weight is 267 g/mol. The number of nitrogens with one attached hydrogen (secondary N) is 1. The van der Waals surface area contributed by atoms with Crippen LogP contribution in [-0.2, 0) is 0 Å². The highest BCUT2D eigenvalue weighted by Gasteiger charge is 2.20. The summed E-state index contributed by atoms with van der Waals surface area (Å²) in [5.74, 6) is -0.0331. The molecule has 0 aromatic carbocycles. The van der Waals surface area contributed by atoms with Gasteiger partial charge >= 0.3 is 0 Å². The van der Waals surface area contributed by atoms with Gasteiger partial charge in [0.15, 0.2) is 0 Å². The first kappa shape index (κ1) is 15.7. The molecule has 0 spiro atoms. The molecule has 2 N–H and O–H groups in total. The fourth-order valence-corrected chi connectivity index (χ4v) is 2.19. The zero-order valence-corrected chi connectivity index (χ0v) is 12.2. The third kappa shape index (κ3) is 4.35. The Hall–Kier alpha value is -1.36. The quantitative estimate of drug-likeness (QED) is 0.708. The van der Waals surface area contributed by atoms with E-state index in [2.05, 4.69) is 17.1 Å². The number of aromatic amines is 1. The maximum Gasteiger partial charge on any atom is 0.257 e. The summed E-state index contributed by atoms with van der Waals surface area (Å²) in [6.07, 6.45) is 4.46. The number of H-pyrrole nitrogens is 1. The molecule has 0 aliphatic heterocycles. The van der Waals surface area contributed by atoms with Crippen LogP contribution >= 0.6 is 0 Å². The SMILES string of the molecule is CCCCCCN(CCO)C(=O)c1c(C)n[nH]c1C. The molecule has 1 rings (SSSR count). The summed E-state index contributed by atoms with van der Waals surface area (Å²) in [4.78, 5) is 14.2. The Kier molecular flexibility index (Phi) is 6.56. The van der Waals surface area contributed by atoms with Crippen molar-refractivity contribution in [2.75, 3.05) is 19.7 Å². The third-order valence-electron chi connectivity index (χ3n) is 3.28. The normalized spacial score (nSPS) is 10.7. The molecule has 0 radical (unpaired) electrons. The summed E-state index contributed by atoms with van der Waals surface area (Å²) in [7, 11) is 0. The number of carbonyl (C=O) groups is 1. The lowest BCUT2D eigenvalue weighted by molar-refractivity contribution is 0.0717. The van der Waals surface area contributed by atoms with Crippen molar-refractivity contribution in [1.29, 1.82) is 0 Å². The lowest BCUT2D eigenvalue weighted by atomic mass is 10.1. The summed E-state index contributed by atoms with van der Waals surface area (Å²) < 4.78 is 0. The maximum atomic E-state index is 12.5. The van der Waals surface area contributed by atoms with Crippen molar-refractivity contribution in [2.24, 2.45) is 0 Å². The molecule has 0 aliphatic rings. The molecule has 1 amide bonds. The van der Waals surface area contributed by atoms with E-state index in [1.54, 1.807) is 4.90 Å². The van der Waals surface area contributed by atoms with Crippen LogP contribution in [0.5, 0.6) is 0 Å². The summed E-state index contributed by atoms with van der Waals surface area (Å²) in [5.41, 5.74) is 2.15. The van der Waals surface area contributed by atoms with E-state index in [-0.39, 0.29) is 12.5 Å². The van der Waals surface area contributed by atoms with Crippen LogP contribution in [0.3, 0.4) is 0 Å². The molecular weight excluding hydrogens is 242 g/mol. The molecule has 0 fully saturated rings. The number of hydrogen-bond donors (Lipinski definition) is 2. The van der Waals surface area contributed by atoms with Crippen LogP contribution in [0.15, 0.2) is 0 Å². The predicted octanol–water partition coefficient (Wildman–Crippen LogP) is 2.04. The minimum atomic E-state index is -0.0331. The molecule has 0 unspecified atom stereocenters. The van der Waals surface area contributed by atoms with Gasteiger partial charge in [0.05, 0.1) is 17.9 Å². The molecule has 0 atom stereocenters. The predicted molar refractivity (Wildman–Crippen MR) is 75.2 cm³/mol. The van der Waals surface area contributed by atoms with Gasteiger partial charge in [-0.15, -0.1) is 0 Å². The first-order chi connectivity index (χ1) is 9.11. The number of amides is 1. The van der Waals surface area contributed by atoms with Crippen LogP contribution in [0.25, 0.3) is 0 Å². The molecule has 5 heteroatoms. The van der Waals surface area contributed by atoms with Crippen LogP contribution in [0.2, 0.25) is 0 Å². The smallest absolute Gasteiger partial charge is 0.257 e. The van der Waals surface area contributed by atoms with Gasteiger partial charge in [-0.2, -0.15) is 5.10 Å². The molecular formula is C14H25N3O2. The largest absolute Gasteiger partial charge is 0.395 e. The zero-order chi connectivity index (χ0) is 14.3. The van der Waals surface area contributed by atoms with Crippen molar-refractivity contribution < 1.29 is 9.90 Å². The highest BCUT2D eigenvalue weighted by molar-refractivity contribution is 5.96. The average Bonchev–Trinajstić information content (AvgIpc) is 2.72. The van der Waals surface area contributed by atoms with E-state index in [1.165, 1.54) is 12.8 Å². The van der Waals surface area contributed by atoms with Gasteiger partial charge in [0, 0.05) is 18.8 Å². The standard InChI is InChI=1S/C14H25N3O2/c1-4-5-6-7-8-17(9-10-18)14(19)13-11(2)15-16-12(13)3/h18H,4-10H2,1-3H3,(H,15,16). The molecule has 0 aliphatic carbocycles. The Balaban J connectivity index is 2.67. The van der Waals surface area contributed by atoms with E-state index in [4.69, 9.17) is 5.11 Å². The number of carbonyl (C=O) groups excluding carboxylic acids is 1. The fraction of sp³-hybridized carbons (Fsp3) is 0.714. The van der Waals surface area contributed by atoms with Crippen LogP contribution < -0.4 is 0 Å². The minimum Gasteiger partial charge on any atom is -0.395 e. The van der Waals surface area contributed by atoms with E-state index in [1.807, 2.05) is 13.8 Å². The number of aliphatic hydroxyl groups excluding tert-OH is 1. The monoisotopic (exact) mass is 267 g/mol. The van der Waals surface area contributed by atoms with Crippen LogP contribution in [0.4, 0.5) is 0 Å². The van der Waals surface area contributed by atoms with Gasteiger partial charge in [0.25, 0.3) is 5.91 Å². The molecule has 19 heavy (non-hydrogen) atoms. The van der Waals surface area contributed by atoms with Crippen LogP contribution in [-0.4, -0.2) is 45.8 Å². The third-order valence-corrected chi connectivity index (χ3v) is 3.28. The summed E-state index contributed by atoms with van der Waals surface area (Å²) in [6.45, 7) is 6.91.